The normalized spacial score (nSPS) is 10.3. The molecule has 0 saturated carbocycles. The van der Waals surface area contributed by atoms with Crippen molar-refractivity contribution in [1.82, 2.24) is 20.2 Å². The van der Waals surface area contributed by atoms with Gasteiger partial charge < -0.3 is 4.74 Å². The number of carbonyl (C=O) groups is 1. The van der Waals surface area contributed by atoms with Crippen LogP contribution in [0.4, 0.5) is 0 Å². The molecule has 7 nitrogen and oxygen atoms in total. The van der Waals surface area contributed by atoms with Crippen molar-refractivity contribution >= 4 is 5.91 Å². The van der Waals surface area contributed by atoms with E-state index in [1.54, 1.807) is 28.9 Å². The van der Waals surface area contributed by atoms with Gasteiger partial charge >= 0.3 is 0 Å². The van der Waals surface area contributed by atoms with Gasteiger partial charge in [0.05, 0.1) is 12.1 Å². The summed E-state index contributed by atoms with van der Waals surface area (Å²) in [6.07, 6.45) is 0. The fourth-order valence-electron chi connectivity index (χ4n) is 1.87. The van der Waals surface area contributed by atoms with Crippen molar-refractivity contribution in [3.8, 4) is 5.75 Å². The van der Waals surface area contributed by atoms with Crippen molar-refractivity contribution in [3.63, 3.8) is 0 Å². The van der Waals surface area contributed by atoms with Gasteiger partial charge in [-0.3, -0.25) is 10.2 Å². The standard InChI is InChI=1S/C13H17N5O2/c1-9-15-10(2)18(17-9)7-8-20-12-6-4-3-5-11(12)13(19)16-14/h3-6H,7-8,14H2,1-2H3,(H,16,19). The number of amides is 1. The van der Waals surface area contributed by atoms with Crippen LogP contribution < -0.4 is 16.0 Å². The number of nitrogen functional groups attached to an aromatic ring is 1. The Morgan fingerprint density at radius 1 is 1.40 bits per heavy atom. The van der Waals surface area contributed by atoms with E-state index in [1.807, 2.05) is 13.8 Å². The summed E-state index contributed by atoms with van der Waals surface area (Å²) in [4.78, 5) is 15.8. The van der Waals surface area contributed by atoms with Gasteiger partial charge in [0.2, 0.25) is 0 Å². The summed E-state index contributed by atoms with van der Waals surface area (Å²) in [7, 11) is 0. The van der Waals surface area contributed by atoms with Crippen LogP contribution in [0, 0.1) is 13.8 Å². The Bertz CT molecular complexity index is 609. The van der Waals surface area contributed by atoms with Crippen molar-refractivity contribution in [2.45, 2.75) is 20.4 Å². The summed E-state index contributed by atoms with van der Waals surface area (Å²) >= 11 is 0. The van der Waals surface area contributed by atoms with Gasteiger partial charge in [-0.2, -0.15) is 5.10 Å². The van der Waals surface area contributed by atoms with E-state index in [2.05, 4.69) is 15.5 Å². The largest absolute Gasteiger partial charge is 0.491 e. The second-order valence-electron chi connectivity index (χ2n) is 4.25. The van der Waals surface area contributed by atoms with Crippen LogP contribution in [0.25, 0.3) is 0 Å². The van der Waals surface area contributed by atoms with E-state index in [-0.39, 0.29) is 5.91 Å². The zero-order chi connectivity index (χ0) is 14.5. The SMILES string of the molecule is Cc1nc(C)n(CCOc2ccccc2C(=O)NN)n1. The molecule has 0 aliphatic rings. The van der Waals surface area contributed by atoms with Gasteiger partial charge in [0.1, 0.15) is 24.0 Å². The molecule has 1 aromatic heterocycles. The first-order valence-electron chi connectivity index (χ1n) is 6.22. The minimum atomic E-state index is -0.381. The van der Waals surface area contributed by atoms with Crippen LogP contribution in [0.3, 0.4) is 0 Å². The number of rotatable bonds is 5. The van der Waals surface area contributed by atoms with Gasteiger partial charge in [0.15, 0.2) is 0 Å². The molecule has 1 amide bonds. The number of aryl methyl sites for hydroxylation is 2. The van der Waals surface area contributed by atoms with E-state index in [9.17, 15) is 4.79 Å². The van der Waals surface area contributed by atoms with Gasteiger partial charge in [-0.15, -0.1) is 0 Å². The van der Waals surface area contributed by atoms with E-state index < -0.39 is 0 Å². The quantitative estimate of drug-likeness (QED) is 0.473. The van der Waals surface area contributed by atoms with E-state index >= 15 is 0 Å². The fourth-order valence-corrected chi connectivity index (χ4v) is 1.87. The topological polar surface area (TPSA) is 95.1 Å². The number of hydrogen-bond acceptors (Lipinski definition) is 5. The van der Waals surface area contributed by atoms with Crippen molar-refractivity contribution in [1.29, 1.82) is 0 Å². The number of aromatic nitrogens is 3. The third-order valence-corrected chi connectivity index (χ3v) is 2.79. The molecule has 0 atom stereocenters. The van der Waals surface area contributed by atoms with E-state index in [0.717, 1.165) is 11.6 Å². The molecule has 3 N–H and O–H groups in total. The molecule has 106 valence electrons. The Labute approximate surface area is 116 Å². The lowest BCUT2D eigenvalue weighted by Crippen LogP contribution is -2.30. The maximum atomic E-state index is 11.6. The smallest absolute Gasteiger partial charge is 0.268 e. The molecule has 1 aromatic carbocycles. The molecule has 2 rings (SSSR count). The van der Waals surface area contributed by atoms with Crippen LogP contribution in [-0.2, 0) is 6.54 Å². The van der Waals surface area contributed by atoms with Crippen LogP contribution >= 0.6 is 0 Å². The highest BCUT2D eigenvalue weighted by atomic mass is 16.5. The predicted octanol–water partition coefficient (Wildman–Crippen LogP) is 0.577. The number of nitrogens with one attached hydrogen (secondary N) is 1. The number of ether oxygens (including phenoxy) is 1. The van der Waals surface area contributed by atoms with Crippen molar-refractivity contribution in [3.05, 3.63) is 41.5 Å². The average Bonchev–Trinajstić information content (AvgIpc) is 2.77. The second kappa shape index (κ2) is 6.16. The van der Waals surface area contributed by atoms with Crippen LogP contribution in [0.15, 0.2) is 24.3 Å². The third kappa shape index (κ3) is 3.12. The highest BCUT2D eigenvalue weighted by Crippen LogP contribution is 2.17. The first kappa shape index (κ1) is 14.0. The minimum absolute atomic E-state index is 0.381. The Balaban J connectivity index is 2.01. The average molecular weight is 275 g/mol. The molecule has 2 aromatic rings. The lowest BCUT2D eigenvalue weighted by Gasteiger charge is -2.10. The van der Waals surface area contributed by atoms with Gasteiger partial charge in [-0.25, -0.2) is 15.5 Å². The van der Waals surface area contributed by atoms with E-state index in [1.165, 1.54) is 0 Å². The molecule has 0 saturated heterocycles. The van der Waals surface area contributed by atoms with Crippen LogP contribution in [0.5, 0.6) is 5.75 Å². The minimum Gasteiger partial charge on any atom is -0.491 e. The summed E-state index contributed by atoms with van der Waals surface area (Å²) in [6.45, 7) is 4.67. The first-order valence-corrected chi connectivity index (χ1v) is 6.22. The van der Waals surface area contributed by atoms with E-state index in [0.29, 0.717) is 24.5 Å². The lowest BCUT2D eigenvalue weighted by atomic mass is 10.2. The third-order valence-electron chi connectivity index (χ3n) is 2.79. The molecule has 7 heteroatoms. The number of hydrazine groups is 1. The molecule has 0 spiro atoms. The van der Waals surface area contributed by atoms with E-state index in [4.69, 9.17) is 10.6 Å². The molecule has 0 aliphatic heterocycles. The zero-order valence-electron chi connectivity index (χ0n) is 11.5. The summed E-state index contributed by atoms with van der Waals surface area (Å²) in [5.74, 6) is 6.81. The number of benzene rings is 1. The van der Waals surface area contributed by atoms with Crippen LogP contribution in [0.2, 0.25) is 0 Å². The summed E-state index contributed by atoms with van der Waals surface area (Å²) in [5.41, 5.74) is 2.50. The maximum absolute atomic E-state index is 11.6. The van der Waals surface area contributed by atoms with Gasteiger partial charge in [-0.1, -0.05) is 12.1 Å². The molecular weight excluding hydrogens is 258 g/mol. The number of carbonyl (C=O) groups excluding carboxylic acids is 1. The summed E-state index contributed by atoms with van der Waals surface area (Å²) in [5, 5.41) is 4.24. The van der Waals surface area contributed by atoms with Crippen molar-refractivity contribution in [2.75, 3.05) is 6.61 Å². The van der Waals surface area contributed by atoms with Crippen LogP contribution in [0.1, 0.15) is 22.0 Å². The molecule has 0 unspecified atom stereocenters. The Morgan fingerprint density at radius 2 is 2.15 bits per heavy atom. The monoisotopic (exact) mass is 275 g/mol. The molecule has 0 bridgehead atoms. The number of nitrogens with zero attached hydrogens (tertiary/aromatic N) is 3. The molecule has 1 heterocycles. The number of nitrogens with two attached hydrogens (primary N) is 1. The summed E-state index contributed by atoms with van der Waals surface area (Å²) < 4.78 is 7.39. The van der Waals surface area contributed by atoms with Gasteiger partial charge in [0.25, 0.3) is 5.91 Å². The van der Waals surface area contributed by atoms with Gasteiger partial charge in [-0.05, 0) is 26.0 Å². The first-order chi connectivity index (χ1) is 9.61. The fraction of sp³-hybridized carbons (Fsp3) is 0.308. The Morgan fingerprint density at radius 3 is 2.80 bits per heavy atom. The highest BCUT2D eigenvalue weighted by molar-refractivity contribution is 5.96. The lowest BCUT2D eigenvalue weighted by molar-refractivity contribution is 0.0949. The highest BCUT2D eigenvalue weighted by Gasteiger charge is 2.10. The molecular formula is C13H17N5O2. The molecule has 20 heavy (non-hydrogen) atoms. The summed E-state index contributed by atoms with van der Waals surface area (Å²) in [6, 6.07) is 6.93. The second-order valence-corrected chi connectivity index (χ2v) is 4.25. The molecule has 0 fully saturated rings. The zero-order valence-corrected chi connectivity index (χ0v) is 11.5. The number of para-hydroxylation sites is 1. The Hall–Kier alpha value is -2.41. The molecule has 0 aliphatic carbocycles. The maximum Gasteiger partial charge on any atom is 0.268 e. The van der Waals surface area contributed by atoms with Crippen molar-refractivity contribution in [2.24, 2.45) is 5.84 Å². The Kier molecular flexibility index (Phi) is 4.31. The van der Waals surface area contributed by atoms with Gasteiger partial charge in [0, 0.05) is 0 Å². The number of hydrogen-bond donors (Lipinski definition) is 2. The van der Waals surface area contributed by atoms with Crippen LogP contribution in [-0.4, -0.2) is 27.3 Å². The van der Waals surface area contributed by atoms with Crippen molar-refractivity contribution < 1.29 is 9.53 Å². The molecule has 0 radical (unpaired) electrons. The predicted molar refractivity (Wildman–Crippen MR) is 73.1 cm³/mol.